The highest BCUT2D eigenvalue weighted by atomic mass is 16.5. The van der Waals surface area contributed by atoms with Gasteiger partial charge in [0.1, 0.15) is 11.5 Å². The maximum Gasteiger partial charge on any atom is 0.124 e. The van der Waals surface area contributed by atoms with Crippen molar-refractivity contribution in [2.75, 3.05) is 7.11 Å². The van der Waals surface area contributed by atoms with Gasteiger partial charge in [-0.15, -0.1) is 0 Å². The van der Waals surface area contributed by atoms with Gasteiger partial charge in [0.05, 0.1) is 13.7 Å². The molecule has 18 heavy (non-hydrogen) atoms. The zero-order valence-electron chi connectivity index (χ0n) is 10.2. The summed E-state index contributed by atoms with van der Waals surface area (Å²) >= 11 is 0. The van der Waals surface area contributed by atoms with E-state index in [0.717, 1.165) is 5.56 Å². The van der Waals surface area contributed by atoms with Crippen LogP contribution < -0.4 is 4.74 Å². The summed E-state index contributed by atoms with van der Waals surface area (Å²) in [7, 11) is 1.59. The van der Waals surface area contributed by atoms with E-state index in [1.807, 2.05) is 30.3 Å². The number of methoxy groups -OCH3 is 1. The number of nitrogens with zero attached hydrogens (tertiary/aromatic N) is 1. The normalized spacial score (nSPS) is 10.7. The van der Waals surface area contributed by atoms with Crippen LogP contribution in [0, 0.1) is 0 Å². The summed E-state index contributed by atoms with van der Waals surface area (Å²) in [4.78, 5) is 4.31. The standard InChI is InChI=1S/C15H15NO2/c1-18-14-7-8-15(17)13(9-14)11-16-10-12-5-3-2-4-6-12/h2-9,11,17H,10H2,1H3/b16-11+. The van der Waals surface area contributed by atoms with Gasteiger partial charge in [-0.25, -0.2) is 0 Å². The average Bonchev–Trinajstić information content (AvgIpc) is 2.42. The Balaban J connectivity index is 2.09. The number of aliphatic imine (C=N–C) groups is 1. The van der Waals surface area contributed by atoms with Crippen LogP contribution in [-0.4, -0.2) is 18.4 Å². The molecule has 2 aromatic rings. The lowest BCUT2D eigenvalue weighted by Gasteiger charge is -2.03. The largest absolute Gasteiger partial charge is 0.507 e. The van der Waals surface area contributed by atoms with Gasteiger partial charge in [-0.05, 0) is 23.8 Å². The molecular formula is C15H15NO2. The first kappa shape index (κ1) is 12.2. The molecule has 0 aliphatic rings. The summed E-state index contributed by atoms with van der Waals surface area (Å²) in [5.74, 6) is 0.904. The van der Waals surface area contributed by atoms with Crippen LogP contribution >= 0.6 is 0 Å². The van der Waals surface area contributed by atoms with Gasteiger partial charge in [-0.2, -0.15) is 0 Å². The Kier molecular flexibility index (Phi) is 3.97. The first-order chi connectivity index (χ1) is 8.79. The molecule has 0 aliphatic carbocycles. The van der Waals surface area contributed by atoms with E-state index >= 15 is 0 Å². The topological polar surface area (TPSA) is 41.8 Å². The van der Waals surface area contributed by atoms with Crippen LogP contribution in [0.5, 0.6) is 11.5 Å². The van der Waals surface area contributed by atoms with E-state index in [9.17, 15) is 5.11 Å². The van der Waals surface area contributed by atoms with E-state index in [1.165, 1.54) is 0 Å². The summed E-state index contributed by atoms with van der Waals surface area (Å²) in [6.45, 7) is 0.595. The lowest BCUT2D eigenvalue weighted by molar-refractivity contribution is 0.412. The molecule has 2 rings (SSSR count). The van der Waals surface area contributed by atoms with Crippen LogP contribution in [-0.2, 0) is 6.54 Å². The summed E-state index contributed by atoms with van der Waals surface area (Å²) in [5.41, 5.74) is 1.79. The highest BCUT2D eigenvalue weighted by molar-refractivity contribution is 5.84. The molecule has 0 fully saturated rings. The Morgan fingerprint density at radius 1 is 1.17 bits per heavy atom. The maximum atomic E-state index is 9.68. The monoisotopic (exact) mass is 241 g/mol. The lowest BCUT2D eigenvalue weighted by atomic mass is 10.2. The minimum absolute atomic E-state index is 0.201. The summed E-state index contributed by atoms with van der Waals surface area (Å²) in [6, 6.07) is 15.0. The minimum atomic E-state index is 0.201. The SMILES string of the molecule is COc1ccc(O)c(/C=N/Cc2ccccc2)c1. The van der Waals surface area contributed by atoms with Crippen molar-refractivity contribution in [2.24, 2.45) is 4.99 Å². The Bertz CT molecular complexity index is 535. The molecule has 0 atom stereocenters. The molecule has 3 nitrogen and oxygen atoms in total. The number of phenols is 1. The van der Waals surface area contributed by atoms with Gasteiger partial charge in [0, 0.05) is 11.8 Å². The third kappa shape index (κ3) is 3.10. The van der Waals surface area contributed by atoms with E-state index in [1.54, 1.807) is 31.5 Å². The van der Waals surface area contributed by atoms with E-state index < -0.39 is 0 Å². The number of phenolic OH excluding ortho intramolecular Hbond substituents is 1. The predicted molar refractivity (Wildman–Crippen MR) is 72.4 cm³/mol. The van der Waals surface area contributed by atoms with Crippen molar-refractivity contribution in [1.82, 2.24) is 0 Å². The second-order valence-electron chi connectivity index (χ2n) is 3.88. The number of hydrogen-bond acceptors (Lipinski definition) is 3. The smallest absolute Gasteiger partial charge is 0.124 e. The summed E-state index contributed by atoms with van der Waals surface area (Å²) < 4.78 is 5.10. The van der Waals surface area contributed by atoms with Crippen LogP contribution in [0.1, 0.15) is 11.1 Å². The summed E-state index contributed by atoms with van der Waals surface area (Å²) in [6.07, 6.45) is 1.66. The van der Waals surface area contributed by atoms with Gasteiger partial charge >= 0.3 is 0 Å². The molecule has 0 aliphatic heterocycles. The highest BCUT2D eigenvalue weighted by Crippen LogP contribution is 2.21. The molecule has 2 aromatic carbocycles. The van der Waals surface area contributed by atoms with E-state index in [0.29, 0.717) is 17.9 Å². The molecule has 3 heteroatoms. The zero-order valence-corrected chi connectivity index (χ0v) is 10.2. The van der Waals surface area contributed by atoms with Crippen molar-refractivity contribution >= 4 is 6.21 Å². The first-order valence-electron chi connectivity index (χ1n) is 5.70. The molecule has 0 heterocycles. The molecule has 0 amide bonds. The number of benzene rings is 2. The first-order valence-corrected chi connectivity index (χ1v) is 5.70. The molecule has 92 valence electrons. The Morgan fingerprint density at radius 2 is 1.94 bits per heavy atom. The molecule has 0 bridgehead atoms. The summed E-state index contributed by atoms with van der Waals surface area (Å²) in [5, 5.41) is 9.68. The Morgan fingerprint density at radius 3 is 2.67 bits per heavy atom. The predicted octanol–water partition coefficient (Wildman–Crippen LogP) is 3.02. The highest BCUT2D eigenvalue weighted by Gasteiger charge is 2.00. The van der Waals surface area contributed by atoms with Crippen molar-refractivity contribution in [3.63, 3.8) is 0 Å². The number of ether oxygens (including phenoxy) is 1. The minimum Gasteiger partial charge on any atom is -0.507 e. The van der Waals surface area contributed by atoms with E-state index in [-0.39, 0.29) is 5.75 Å². The molecule has 0 saturated carbocycles. The van der Waals surface area contributed by atoms with Gasteiger partial charge < -0.3 is 9.84 Å². The van der Waals surface area contributed by atoms with Crippen LogP contribution in [0.25, 0.3) is 0 Å². The molecule has 1 N–H and O–H groups in total. The number of hydrogen-bond donors (Lipinski definition) is 1. The Labute approximate surface area is 106 Å². The van der Waals surface area contributed by atoms with Gasteiger partial charge in [-0.1, -0.05) is 30.3 Å². The fourth-order valence-corrected chi connectivity index (χ4v) is 1.60. The average molecular weight is 241 g/mol. The van der Waals surface area contributed by atoms with Crippen LogP contribution in [0.15, 0.2) is 53.5 Å². The molecule has 0 spiro atoms. The lowest BCUT2D eigenvalue weighted by Crippen LogP contribution is -1.88. The van der Waals surface area contributed by atoms with Gasteiger partial charge in [-0.3, -0.25) is 4.99 Å². The fourth-order valence-electron chi connectivity index (χ4n) is 1.60. The third-order valence-electron chi connectivity index (χ3n) is 2.58. The molecule has 0 aromatic heterocycles. The second kappa shape index (κ2) is 5.87. The second-order valence-corrected chi connectivity index (χ2v) is 3.88. The fraction of sp³-hybridized carbons (Fsp3) is 0.133. The van der Waals surface area contributed by atoms with Crippen molar-refractivity contribution < 1.29 is 9.84 Å². The third-order valence-corrected chi connectivity index (χ3v) is 2.58. The molecule has 0 unspecified atom stereocenters. The van der Waals surface area contributed by atoms with Crippen LogP contribution in [0.2, 0.25) is 0 Å². The molecule has 0 saturated heterocycles. The zero-order chi connectivity index (χ0) is 12.8. The van der Waals surface area contributed by atoms with Crippen molar-refractivity contribution in [3.8, 4) is 11.5 Å². The van der Waals surface area contributed by atoms with Gasteiger partial charge in [0.2, 0.25) is 0 Å². The van der Waals surface area contributed by atoms with Crippen LogP contribution in [0.4, 0.5) is 0 Å². The van der Waals surface area contributed by atoms with Crippen molar-refractivity contribution in [3.05, 3.63) is 59.7 Å². The quantitative estimate of drug-likeness (QED) is 0.836. The number of rotatable bonds is 4. The van der Waals surface area contributed by atoms with Crippen LogP contribution in [0.3, 0.4) is 0 Å². The van der Waals surface area contributed by atoms with Crippen molar-refractivity contribution in [2.45, 2.75) is 6.54 Å². The van der Waals surface area contributed by atoms with E-state index in [2.05, 4.69) is 4.99 Å². The van der Waals surface area contributed by atoms with Gasteiger partial charge in [0.25, 0.3) is 0 Å². The van der Waals surface area contributed by atoms with E-state index in [4.69, 9.17) is 4.74 Å². The molecule has 0 radical (unpaired) electrons. The van der Waals surface area contributed by atoms with Gasteiger partial charge in [0.15, 0.2) is 0 Å². The Hall–Kier alpha value is -2.29. The van der Waals surface area contributed by atoms with Crippen molar-refractivity contribution in [1.29, 1.82) is 0 Å². The maximum absolute atomic E-state index is 9.68. The number of aromatic hydroxyl groups is 1. The molecular weight excluding hydrogens is 226 g/mol.